The van der Waals surface area contributed by atoms with Crippen molar-refractivity contribution in [1.82, 2.24) is 9.55 Å². The number of Topliss-reactive ketones (excluding diaryl/α,β-unsaturated/α-hetero) is 1. The molecule has 0 saturated heterocycles. The molecule has 1 heterocycles. The molecule has 108 valence electrons. The highest BCUT2D eigenvalue weighted by molar-refractivity contribution is 5.80. The molecule has 1 atom stereocenters. The molecule has 19 heavy (non-hydrogen) atoms. The lowest BCUT2D eigenvalue weighted by Gasteiger charge is -2.16. The largest absolute Gasteiger partial charge is 0.335 e. The minimum atomic E-state index is 0.250. The number of nitrogens with two attached hydrogens (primary N) is 1. The zero-order valence-corrected chi connectivity index (χ0v) is 12.4. The van der Waals surface area contributed by atoms with Gasteiger partial charge in [-0.3, -0.25) is 4.79 Å². The van der Waals surface area contributed by atoms with Crippen molar-refractivity contribution in [2.75, 3.05) is 6.54 Å². The van der Waals surface area contributed by atoms with Gasteiger partial charge in [0.2, 0.25) is 0 Å². The van der Waals surface area contributed by atoms with Gasteiger partial charge in [-0.15, -0.1) is 0 Å². The van der Waals surface area contributed by atoms with Gasteiger partial charge in [0.15, 0.2) is 0 Å². The molecule has 0 fully saturated rings. The Morgan fingerprint density at radius 1 is 1.47 bits per heavy atom. The number of aromatic nitrogens is 2. The van der Waals surface area contributed by atoms with Gasteiger partial charge in [0, 0.05) is 25.4 Å². The van der Waals surface area contributed by atoms with E-state index in [-0.39, 0.29) is 5.78 Å². The van der Waals surface area contributed by atoms with Crippen LogP contribution in [-0.2, 0) is 17.8 Å². The summed E-state index contributed by atoms with van der Waals surface area (Å²) in [7, 11) is 0. The summed E-state index contributed by atoms with van der Waals surface area (Å²) in [6.45, 7) is 7.98. The maximum atomic E-state index is 12.1. The minimum absolute atomic E-state index is 0.250. The Kier molecular flexibility index (Phi) is 6.78. The van der Waals surface area contributed by atoms with Crippen LogP contribution in [0.15, 0.2) is 12.4 Å². The zero-order chi connectivity index (χ0) is 14.3. The van der Waals surface area contributed by atoms with Crippen LogP contribution in [0.5, 0.6) is 0 Å². The quantitative estimate of drug-likeness (QED) is 0.746. The van der Waals surface area contributed by atoms with Crippen LogP contribution in [0.3, 0.4) is 0 Å². The molecule has 4 nitrogen and oxygen atoms in total. The lowest BCUT2D eigenvalue weighted by molar-refractivity contribution is -0.119. The predicted octanol–water partition coefficient (Wildman–Crippen LogP) is 2.42. The summed E-state index contributed by atoms with van der Waals surface area (Å²) in [6, 6.07) is 0. The van der Waals surface area contributed by atoms with E-state index in [1.54, 1.807) is 6.20 Å². The Balaban J connectivity index is 2.51. The highest BCUT2D eigenvalue weighted by atomic mass is 16.1. The molecule has 1 aromatic heterocycles. The van der Waals surface area contributed by atoms with Crippen molar-refractivity contribution in [3.8, 4) is 0 Å². The fourth-order valence-corrected chi connectivity index (χ4v) is 2.45. The Morgan fingerprint density at radius 3 is 2.79 bits per heavy atom. The van der Waals surface area contributed by atoms with E-state index in [1.165, 1.54) is 0 Å². The van der Waals surface area contributed by atoms with Gasteiger partial charge < -0.3 is 10.3 Å². The summed E-state index contributed by atoms with van der Waals surface area (Å²) in [5, 5.41) is 0. The standard InChI is InChI=1S/C15H27N3O/c1-4-6-18-7-5-17-15(18)10-14(19)9-13(11-16)8-12(2)3/h5,7,12-13H,4,6,8-11,16H2,1-3H3. The molecule has 0 aliphatic heterocycles. The zero-order valence-electron chi connectivity index (χ0n) is 12.4. The lowest BCUT2D eigenvalue weighted by atomic mass is 9.92. The smallest absolute Gasteiger partial charge is 0.140 e. The number of ketones is 1. The summed E-state index contributed by atoms with van der Waals surface area (Å²) >= 11 is 0. The SMILES string of the molecule is CCCn1ccnc1CC(=O)CC(CN)CC(C)C. The number of nitrogens with zero attached hydrogens (tertiary/aromatic N) is 2. The molecule has 0 bridgehead atoms. The van der Waals surface area contributed by atoms with Gasteiger partial charge in [0.25, 0.3) is 0 Å². The molecule has 0 saturated carbocycles. The van der Waals surface area contributed by atoms with Crippen molar-refractivity contribution in [2.45, 2.75) is 53.0 Å². The molecular weight excluding hydrogens is 238 g/mol. The van der Waals surface area contributed by atoms with Crippen LogP contribution in [0.1, 0.15) is 45.9 Å². The number of imidazole rings is 1. The normalized spacial score (nSPS) is 12.9. The summed E-state index contributed by atoms with van der Waals surface area (Å²) in [5.74, 6) is 2.03. The Bertz CT molecular complexity index is 384. The van der Waals surface area contributed by atoms with Gasteiger partial charge in [-0.25, -0.2) is 4.98 Å². The maximum Gasteiger partial charge on any atom is 0.140 e. The van der Waals surface area contributed by atoms with Crippen molar-refractivity contribution in [1.29, 1.82) is 0 Å². The van der Waals surface area contributed by atoms with Crippen LogP contribution in [0.25, 0.3) is 0 Å². The highest BCUT2D eigenvalue weighted by Gasteiger charge is 2.16. The molecule has 0 aromatic carbocycles. The van der Waals surface area contributed by atoms with Crippen LogP contribution in [0.4, 0.5) is 0 Å². The van der Waals surface area contributed by atoms with Crippen LogP contribution >= 0.6 is 0 Å². The van der Waals surface area contributed by atoms with Gasteiger partial charge in [0.05, 0.1) is 6.42 Å². The summed E-state index contributed by atoms with van der Waals surface area (Å²) in [4.78, 5) is 16.4. The van der Waals surface area contributed by atoms with Crippen molar-refractivity contribution < 1.29 is 4.79 Å². The van der Waals surface area contributed by atoms with E-state index in [2.05, 4.69) is 30.3 Å². The van der Waals surface area contributed by atoms with Crippen molar-refractivity contribution in [2.24, 2.45) is 17.6 Å². The van der Waals surface area contributed by atoms with Gasteiger partial charge in [-0.2, -0.15) is 0 Å². The third-order valence-electron chi connectivity index (χ3n) is 3.28. The number of hydrogen-bond acceptors (Lipinski definition) is 3. The molecule has 1 unspecified atom stereocenters. The third kappa shape index (κ3) is 5.55. The average molecular weight is 265 g/mol. The number of carbonyl (C=O) groups is 1. The molecule has 1 aromatic rings. The lowest BCUT2D eigenvalue weighted by Crippen LogP contribution is -2.21. The van der Waals surface area contributed by atoms with E-state index < -0.39 is 0 Å². The second-order valence-corrected chi connectivity index (χ2v) is 5.69. The van der Waals surface area contributed by atoms with Gasteiger partial charge in [-0.05, 0) is 31.2 Å². The van der Waals surface area contributed by atoms with Crippen molar-refractivity contribution in [3.05, 3.63) is 18.2 Å². The molecule has 0 spiro atoms. The van der Waals surface area contributed by atoms with Gasteiger partial charge in [-0.1, -0.05) is 20.8 Å². The molecule has 1 rings (SSSR count). The highest BCUT2D eigenvalue weighted by Crippen LogP contribution is 2.15. The van der Waals surface area contributed by atoms with Gasteiger partial charge in [0.1, 0.15) is 11.6 Å². The molecule has 2 N–H and O–H groups in total. The fraction of sp³-hybridized carbons (Fsp3) is 0.733. The molecule has 0 radical (unpaired) electrons. The second kappa shape index (κ2) is 8.10. The number of carbonyl (C=O) groups excluding carboxylic acids is 1. The van der Waals surface area contributed by atoms with E-state index >= 15 is 0 Å². The maximum absolute atomic E-state index is 12.1. The van der Waals surface area contributed by atoms with Crippen LogP contribution in [0.2, 0.25) is 0 Å². The number of rotatable bonds is 9. The molecule has 0 aliphatic carbocycles. The van der Waals surface area contributed by atoms with E-state index in [0.717, 1.165) is 25.2 Å². The number of aryl methyl sites for hydroxylation is 1. The van der Waals surface area contributed by atoms with Crippen LogP contribution in [0, 0.1) is 11.8 Å². The minimum Gasteiger partial charge on any atom is -0.335 e. The van der Waals surface area contributed by atoms with Crippen LogP contribution in [-0.4, -0.2) is 21.9 Å². The summed E-state index contributed by atoms with van der Waals surface area (Å²) in [5.41, 5.74) is 5.75. The average Bonchev–Trinajstić information content (AvgIpc) is 2.75. The summed E-state index contributed by atoms with van der Waals surface area (Å²) < 4.78 is 2.07. The third-order valence-corrected chi connectivity index (χ3v) is 3.28. The summed E-state index contributed by atoms with van der Waals surface area (Å²) in [6.07, 6.45) is 6.80. The fourth-order valence-electron chi connectivity index (χ4n) is 2.45. The van der Waals surface area contributed by atoms with E-state index in [0.29, 0.717) is 31.2 Å². The molecule has 0 amide bonds. The first kappa shape index (κ1) is 15.9. The van der Waals surface area contributed by atoms with Crippen LogP contribution < -0.4 is 5.73 Å². The Morgan fingerprint density at radius 2 is 2.21 bits per heavy atom. The van der Waals surface area contributed by atoms with E-state index in [9.17, 15) is 4.79 Å². The molecule has 0 aliphatic rings. The van der Waals surface area contributed by atoms with E-state index in [1.807, 2.05) is 6.20 Å². The van der Waals surface area contributed by atoms with E-state index in [4.69, 9.17) is 5.73 Å². The van der Waals surface area contributed by atoms with Crippen molar-refractivity contribution >= 4 is 5.78 Å². The second-order valence-electron chi connectivity index (χ2n) is 5.69. The Hall–Kier alpha value is -1.16. The topological polar surface area (TPSA) is 60.9 Å². The number of hydrogen-bond donors (Lipinski definition) is 1. The monoisotopic (exact) mass is 265 g/mol. The first-order valence-corrected chi connectivity index (χ1v) is 7.28. The first-order chi connectivity index (χ1) is 9.06. The molecular formula is C15H27N3O. The predicted molar refractivity (Wildman–Crippen MR) is 77.8 cm³/mol. The van der Waals surface area contributed by atoms with Crippen molar-refractivity contribution in [3.63, 3.8) is 0 Å². The Labute approximate surface area is 116 Å². The molecule has 4 heteroatoms. The first-order valence-electron chi connectivity index (χ1n) is 7.28. The van der Waals surface area contributed by atoms with Gasteiger partial charge >= 0.3 is 0 Å².